The van der Waals surface area contributed by atoms with E-state index in [9.17, 15) is 14.0 Å². The molecule has 126 valence electrons. The average Bonchev–Trinajstić information content (AvgIpc) is 2.56. The van der Waals surface area contributed by atoms with Gasteiger partial charge in [0.15, 0.2) is 17.7 Å². The predicted molar refractivity (Wildman–Crippen MR) is 86.6 cm³/mol. The first-order valence-corrected chi connectivity index (χ1v) is 7.56. The molecule has 0 radical (unpaired) electrons. The lowest BCUT2D eigenvalue weighted by Gasteiger charge is -2.24. The zero-order chi connectivity index (χ0) is 17.2. The van der Waals surface area contributed by atoms with Crippen LogP contribution >= 0.6 is 0 Å². The van der Waals surface area contributed by atoms with E-state index in [0.29, 0.717) is 25.9 Å². The standard InChI is InChI=1S/C17H23FN2O3/c1-4-14(23-15-10-7-6-9-13(15)18)17(22)20(3)12-8-11-19-16(21)5-2/h5-7,9-10,14H,2,4,8,11-12H2,1,3H3,(H,19,21). The second kappa shape index (κ2) is 9.61. The SMILES string of the molecule is C=CC(=O)NCCCN(C)C(=O)C(CC)Oc1ccccc1F. The van der Waals surface area contributed by atoms with Crippen molar-refractivity contribution in [2.75, 3.05) is 20.1 Å². The third-order valence-corrected chi connectivity index (χ3v) is 3.28. The van der Waals surface area contributed by atoms with Gasteiger partial charge in [-0.25, -0.2) is 4.39 Å². The summed E-state index contributed by atoms with van der Waals surface area (Å²) >= 11 is 0. The Hall–Kier alpha value is -2.37. The minimum atomic E-state index is -0.736. The fourth-order valence-corrected chi connectivity index (χ4v) is 1.96. The van der Waals surface area contributed by atoms with Crippen molar-refractivity contribution in [3.8, 4) is 5.75 Å². The molecule has 0 spiro atoms. The average molecular weight is 322 g/mol. The molecule has 1 atom stereocenters. The molecule has 2 amide bonds. The molecule has 0 aliphatic heterocycles. The maximum absolute atomic E-state index is 13.6. The molecule has 0 bridgehead atoms. The molecule has 1 N–H and O–H groups in total. The normalized spacial score (nSPS) is 11.4. The minimum absolute atomic E-state index is 0.0688. The zero-order valence-electron chi connectivity index (χ0n) is 13.5. The van der Waals surface area contributed by atoms with Crippen molar-refractivity contribution in [1.29, 1.82) is 0 Å². The Kier molecular flexibility index (Phi) is 7.80. The molecule has 1 aromatic rings. The summed E-state index contributed by atoms with van der Waals surface area (Å²) in [5.74, 6) is -0.882. The molecule has 0 fully saturated rings. The van der Waals surface area contributed by atoms with Crippen molar-refractivity contribution in [1.82, 2.24) is 10.2 Å². The van der Waals surface area contributed by atoms with Gasteiger partial charge < -0.3 is 15.0 Å². The number of nitrogens with one attached hydrogen (secondary N) is 1. The largest absolute Gasteiger partial charge is 0.478 e. The Balaban J connectivity index is 2.50. The van der Waals surface area contributed by atoms with Gasteiger partial charge in [0, 0.05) is 20.1 Å². The van der Waals surface area contributed by atoms with Gasteiger partial charge in [-0.1, -0.05) is 25.6 Å². The summed E-state index contributed by atoms with van der Waals surface area (Å²) in [6, 6.07) is 6.00. The number of ether oxygens (including phenoxy) is 1. The van der Waals surface area contributed by atoms with Crippen molar-refractivity contribution >= 4 is 11.8 Å². The van der Waals surface area contributed by atoms with Gasteiger partial charge in [0.25, 0.3) is 5.91 Å². The molecule has 0 saturated heterocycles. The Labute approximate surface area is 136 Å². The maximum atomic E-state index is 13.6. The van der Waals surface area contributed by atoms with E-state index in [1.165, 1.54) is 23.1 Å². The smallest absolute Gasteiger partial charge is 0.263 e. The number of carbonyl (C=O) groups is 2. The lowest BCUT2D eigenvalue weighted by molar-refractivity contribution is -0.137. The van der Waals surface area contributed by atoms with Crippen LogP contribution in [0.15, 0.2) is 36.9 Å². The van der Waals surface area contributed by atoms with E-state index in [1.54, 1.807) is 19.2 Å². The number of halogens is 1. The van der Waals surface area contributed by atoms with Crippen LogP contribution in [0.1, 0.15) is 19.8 Å². The van der Waals surface area contributed by atoms with Crippen molar-refractivity contribution in [2.45, 2.75) is 25.9 Å². The first kappa shape index (κ1) is 18.7. The van der Waals surface area contributed by atoms with Gasteiger partial charge in [-0.2, -0.15) is 0 Å². The summed E-state index contributed by atoms with van der Waals surface area (Å²) < 4.78 is 19.1. The molecule has 0 aliphatic carbocycles. The molecule has 1 aromatic carbocycles. The van der Waals surface area contributed by atoms with E-state index in [4.69, 9.17) is 4.74 Å². The number of hydrogen-bond donors (Lipinski definition) is 1. The molecular weight excluding hydrogens is 299 g/mol. The zero-order valence-corrected chi connectivity index (χ0v) is 13.5. The third-order valence-electron chi connectivity index (χ3n) is 3.28. The van der Waals surface area contributed by atoms with Crippen LogP contribution in [0.25, 0.3) is 0 Å². The minimum Gasteiger partial charge on any atom is -0.478 e. The van der Waals surface area contributed by atoms with Crippen LogP contribution in [-0.4, -0.2) is 43.0 Å². The monoisotopic (exact) mass is 322 g/mol. The summed E-state index contributed by atoms with van der Waals surface area (Å²) in [6.07, 6.45) is 1.51. The van der Waals surface area contributed by atoms with Crippen molar-refractivity contribution < 1.29 is 18.7 Å². The number of likely N-dealkylation sites (N-methyl/N-ethyl adjacent to an activating group) is 1. The van der Waals surface area contributed by atoms with Gasteiger partial charge in [0.2, 0.25) is 5.91 Å². The Morgan fingerprint density at radius 2 is 2.13 bits per heavy atom. The molecule has 0 heterocycles. The van der Waals surface area contributed by atoms with Crippen molar-refractivity contribution in [3.05, 3.63) is 42.7 Å². The van der Waals surface area contributed by atoms with Crippen molar-refractivity contribution in [3.63, 3.8) is 0 Å². The van der Waals surface area contributed by atoms with Crippen molar-refractivity contribution in [2.24, 2.45) is 0 Å². The van der Waals surface area contributed by atoms with E-state index in [-0.39, 0.29) is 17.6 Å². The van der Waals surface area contributed by atoms with E-state index in [0.717, 1.165) is 0 Å². The molecule has 0 aromatic heterocycles. The van der Waals surface area contributed by atoms with Crippen LogP contribution < -0.4 is 10.1 Å². The fourth-order valence-electron chi connectivity index (χ4n) is 1.96. The first-order valence-electron chi connectivity index (χ1n) is 7.56. The molecular formula is C17H23FN2O3. The topological polar surface area (TPSA) is 58.6 Å². The van der Waals surface area contributed by atoms with E-state index < -0.39 is 11.9 Å². The summed E-state index contributed by atoms with van der Waals surface area (Å²) in [5.41, 5.74) is 0. The summed E-state index contributed by atoms with van der Waals surface area (Å²) in [5, 5.41) is 2.64. The second-order valence-corrected chi connectivity index (χ2v) is 5.05. The molecule has 6 heteroatoms. The van der Waals surface area contributed by atoms with Crippen LogP contribution in [0.5, 0.6) is 5.75 Å². The molecule has 0 saturated carbocycles. The van der Waals surface area contributed by atoms with Gasteiger partial charge in [0.1, 0.15) is 0 Å². The van der Waals surface area contributed by atoms with Crippen LogP contribution in [0.3, 0.4) is 0 Å². The molecule has 0 aliphatic rings. The number of rotatable bonds is 9. The lowest BCUT2D eigenvalue weighted by atomic mass is 10.2. The van der Waals surface area contributed by atoms with Gasteiger partial charge in [-0.15, -0.1) is 0 Å². The summed E-state index contributed by atoms with van der Waals surface area (Å²) in [6.45, 7) is 6.08. The quantitative estimate of drug-likeness (QED) is 0.560. The highest BCUT2D eigenvalue weighted by molar-refractivity contribution is 5.86. The highest BCUT2D eigenvalue weighted by Gasteiger charge is 2.23. The molecule has 1 unspecified atom stereocenters. The highest BCUT2D eigenvalue weighted by Crippen LogP contribution is 2.18. The van der Waals surface area contributed by atoms with Crippen LogP contribution in [0.2, 0.25) is 0 Å². The maximum Gasteiger partial charge on any atom is 0.263 e. The number of nitrogens with zero attached hydrogens (tertiary/aromatic N) is 1. The Morgan fingerprint density at radius 1 is 1.43 bits per heavy atom. The summed E-state index contributed by atoms with van der Waals surface area (Å²) in [4.78, 5) is 24.9. The molecule has 5 nitrogen and oxygen atoms in total. The van der Waals surface area contributed by atoms with E-state index in [2.05, 4.69) is 11.9 Å². The Morgan fingerprint density at radius 3 is 2.74 bits per heavy atom. The first-order chi connectivity index (χ1) is 11.0. The van der Waals surface area contributed by atoms with Crippen LogP contribution in [-0.2, 0) is 9.59 Å². The Bertz CT molecular complexity index is 548. The van der Waals surface area contributed by atoms with Gasteiger partial charge in [0.05, 0.1) is 0 Å². The van der Waals surface area contributed by atoms with Crippen LogP contribution in [0, 0.1) is 5.82 Å². The number of amides is 2. The highest BCUT2D eigenvalue weighted by atomic mass is 19.1. The lowest BCUT2D eigenvalue weighted by Crippen LogP contribution is -2.40. The molecule has 1 rings (SSSR count). The second-order valence-electron chi connectivity index (χ2n) is 5.05. The van der Waals surface area contributed by atoms with Gasteiger partial charge >= 0.3 is 0 Å². The molecule has 23 heavy (non-hydrogen) atoms. The number of benzene rings is 1. The van der Waals surface area contributed by atoms with Gasteiger partial charge in [-0.3, -0.25) is 9.59 Å². The van der Waals surface area contributed by atoms with E-state index >= 15 is 0 Å². The number of para-hydroxylation sites is 1. The summed E-state index contributed by atoms with van der Waals surface area (Å²) in [7, 11) is 1.66. The third kappa shape index (κ3) is 6.10. The predicted octanol–water partition coefficient (Wildman–Crippen LogP) is 2.13. The van der Waals surface area contributed by atoms with Crippen LogP contribution in [0.4, 0.5) is 4.39 Å². The van der Waals surface area contributed by atoms with Gasteiger partial charge in [-0.05, 0) is 31.1 Å². The number of hydrogen-bond acceptors (Lipinski definition) is 3. The number of carbonyl (C=O) groups excluding carboxylic acids is 2. The van der Waals surface area contributed by atoms with E-state index in [1.807, 2.05) is 6.92 Å². The fraction of sp³-hybridized carbons (Fsp3) is 0.412.